The average molecular weight is 443 g/mol. The number of unbranched alkanes of at least 4 members (excludes halogenated alkanes) is 15. The van der Waals surface area contributed by atoms with E-state index >= 15 is 0 Å². The van der Waals surface area contributed by atoms with Crippen LogP contribution < -0.4 is 0 Å². The summed E-state index contributed by atoms with van der Waals surface area (Å²) >= 11 is 0. The molecule has 5 nitrogen and oxygen atoms in total. The van der Waals surface area contributed by atoms with Crippen LogP contribution in [0.3, 0.4) is 0 Å². The first-order valence-corrected chi connectivity index (χ1v) is 13.1. The molecule has 0 aliphatic carbocycles. The fourth-order valence-electron chi connectivity index (χ4n) is 3.61. The van der Waals surface area contributed by atoms with Gasteiger partial charge in [0.05, 0.1) is 6.61 Å². The Bertz CT molecular complexity index is 411. The molecule has 1 unspecified atom stereocenters. The van der Waals surface area contributed by atoms with Crippen LogP contribution in [-0.2, 0) is 19.1 Å². The van der Waals surface area contributed by atoms with E-state index in [9.17, 15) is 14.7 Å². The highest BCUT2D eigenvalue weighted by Crippen LogP contribution is 2.13. The molecular weight excluding hydrogens is 392 g/mol. The summed E-state index contributed by atoms with van der Waals surface area (Å²) < 4.78 is 10.4. The van der Waals surface area contributed by atoms with E-state index in [1.54, 1.807) is 0 Å². The van der Waals surface area contributed by atoms with Crippen molar-refractivity contribution in [3.8, 4) is 0 Å². The molecule has 184 valence electrons. The van der Waals surface area contributed by atoms with Gasteiger partial charge in [-0.15, -0.1) is 0 Å². The third-order valence-corrected chi connectivity index (χ3v) is 5.65. The number of carbonyl (C=O) groups excluding carboxylic acids is 2. The summed E-state index contributed by atoms with van der Waals surface area (Å²) in [4.78, 5) is 23.7. The van der Waals surface area contributed by atoms with E-state index in [-0.39, 0.29) is 25.2 Å². The Morgan fingerprint density at radius 1 is 0.613 bits per heavy atom. The first-order valence-electron chi connectivity index (χ1n) is 13.1. The molecule has 0 rings (SSSR count). The number of aliphatic hydroxyl groups is 1. The van der Waals surface area contributed by atoms with Gasteiger partial charge in [-0.3, -0.25) is 9.59 Å². The third-order valence-electron chi connectivity index (χ3n) is 5.65. The van der Waals surface area contributed by atoms with Crippen LogP contribution in [0.15, 0.2) is 0 Å². The van der Waals surface area contributed by atoms with Crippen LogP contribution in [0, 0.1) is 0 Å². The van der Waals surface area contributed by atoms with E-state index < -0.39 is 6.10 Å². The smallest absolute Gasteiger partial charge is 0.306 e. The van der Waals surface area contributed by atoms with Gasteiger partial charge in [0.1, 0.15) is 6.61 Å². The molecular formula is C26H50O5. The van der Waals surface area contributed by atoms with Crippen molar-refractivity contribution in [3.05, 3.63) is 0 Å². The lowest BCUT2D eigenvalue weighted by molar-refractivity contribution is -0.161. The summed E-state index contributed by atoms with van der Waals surface area (Å²) in [5, 5.41) is 9.37. The Balaban J connectivity index is 3.57. The highest BCUT2D eigenvalue weighted by molar-refractivity contribution is 5.70. The van der Waals surface area contributed by atoms with Gasteiger partial charge in [0.25, 0.3) is 0 Å². The van der Waals surface area contributed by atoms with Crippen molar-refractivity contribution in [3.63, 3.8) is 0 Å². The number of esters is 2. The van der Waals surface area contributed by atoms with Crippen molar-refractivity contribution in [2.45, 2.75) is 142 Å². The molecule has 0 aromatic rings. The average Bonchev–Trinajstić information content (AvgIpc) is 2.77. The van der Waals surface area contributed by atoms with Gasteiger partial charge >= 0.3 is 11.9 Å². The Kier molecular flexibility index (Phi) is 22.7. The Hall–Kier alpha value is -1.10. The van der Waals surface area contributed by atoms with Gasteiger partial charge in [-0.25, -0.2) is 0 Å². The van der Waals surface area contributed by atoms with Crippen molar-refractivity contribution in [2.75, 3.05) is 13.2 Å². The molecule has 1 N–H and O–H groups in total. The van der Waals surface area contributed by atoms with Crippen LogP contribution >= 0.6 is 0 Å². The fraction of sp³-hybridized carbons (Fsp3) is 0.923. The molecule has 0 radical (unpaired) electrons. The molecule has 0 bridgehead atoms. The van der Waals surface area contributed by atoms with E-state index in [0.717, 1.165) is 38.5 Å². The summed E-state index contributed by atoms with van der Waals surface area (Å²) in [6, 6.07) is 0. The molecule has 0 saturated heterocycles. The molecule has 0 spiro atoms. The first-order chi connectivity index (χ1) is 15.1. The van der Waals surface area contributed by atoms with E-state index in [1.807, 2.05) is 0 Å². The summed E-state index contributed by atoms with van der Waals surface area (Å²) in [5.41, 5.74) is 0. The minimum Gasteiger partial charge on any atom is -0.462 e. The summed E-state index contributed by atoms with van der Waals surface area (Å²) in [5.74, 6) is -0.603. The van der Waals surface area contributed by atoms with Crippen LogP contribution in [-0.4, -0.2) is 36.4 Å². The maximum Gasteiger partial charge on any atom is 0.306 e. The molecule has 0 amide bonds. The van der Waals surface area contributed by atoms with Gasteiger partial charge < -0.3 is 14.6 Å². The third kappa shape index (κ3) is 21.9. The van der Waals surface area contributed by atoms with Crippen LogP contribution in [0.4, 0.5) is 0 Å². The molecule has 0 aliphatic heterocycles. The topological polar surface area (TPSA) is 72.8 Å². The molecule has 31 heavy (non-hydrogen) atoms. The predicted octanol–water partition coefficient (Wildman–Crippen LogP) is 6.89. The predicted molar refractivity (Wildman–Crippen MR) is 127 cm³/mol. The van der Waals surface area contributed by atoms with Gasteiger partial charge in [0.15, 0.2) is 6.10 Å². The molecule has 1 atom stereocenters. The Morgan fingerprint density at radius 2 is 1.00 bits per heavy atom. The molecule has 0 fully saturated rings. The van der Waals surface area contributed by atoms with Crippen LogP contribution in [0.1, 0.15) is 136 Å². The molecule has 0 aliphatic rings. The van der Waals surface area contributed by atoms with E-state index in [4.69, 9.17) is 9.47 Å². The number of aliphatic hydroxyl groups excluding tert-OH is 1. The van der Waals surface area contributed by atoms with Gasteiger partial charge in [-0.05, 0) is 12.8 Å². The zero-order chi connectivity index (χ0) is 23.0. The number of rotatable bonds is 23. The summed E-state index contributed by atoms with van der Waals surface area (Å²) in [7, 11) is 0. The fourth-order valence-corrected chi connectivity index (χ4v) is 3.61. The molecule has 0 aromatic heterocycles. The normalized spacial score (nSPS) is 12.0. The lowest BCUT2D eigenvalue weighted by Gasteiger charge is -2.15. The Labute approximate surface area is 191 Å². The maximum absolute atomic E-state index is 11.9. The number of carbonyl (C=O) groups is 2. The SMILES string of the molecule is CCCCCCCCCCCCCCC(=O)OC(CO)COC(=O)CCCCCCC. The minimum atomic E-state index is -0.756. The lowest BCUT2D eigenvalue weighted by Crippen LogP contribution is -2.28. The molecule has 5 heteroatoms. The minimum absolute atomic E-state index is 0.0610. The van der Waals surface area contributed by atoms with E-state index in [1.165, 1.54) is 70.6 Å². The monoisotopic (exact) mass is 442 g/mol. The van der Waals surface area contributed by atoms with Crippen LogP contribution in [0.25, 0.3) is 0 Å². The quantitative estimate of drug-likeness (QED) is 0.138. The highest BCUT2D eigenvalue weighted by atomic mass is 16.6. The number of hydrogen-bond acceptors (Lipinski definition) is 5. The van der Waals surface area contributed by atoms with Crippen molar-refractivity contribution in [1.82, 2.24) is 0 Å². The molecule has 0 aromatic carbocycles. The molecule has 0 heterocycles. The zero-order valence-electron chi connectivity index (χ0n) is 20.5. The summed E-state index contributed by atoms with van der Waals surface area (Å²) in [6.07, 6.45) is 20.3. The van der Waals surface area contributed by atoms with Gasteiger partial charge in [0, 0.05) is 12.8 Å². The zero-order valence-corrected chi connectivity index (χ0v) is 20.5. The largest absolute Gasteiger partial charge is 0.462 e. The number of ether oxygens (including phenoxy) is 2. The lowest BCUT2D eigenvalue weighted by atomic mass is 10.0. The van der Waals surface area contributed by atoms with Crippen molar-refractivity contribution in [2.24, 2.45) is 0 Å². The van der Waals surface area contributed by atoms with Gasteiger partial charge in [-0.1, -0.05) is 110 Å². The van der Waals surface area contributed by atoms with Crippen molar-refractivity contribution in [1.29, 1.82) is 0 Å². The van der Waals surface area contributed by atoms with Crippen LogP contribution in [0.5, 0.6) is 0 Å². The standard InChI is InChI=1S/C26H50O5/c1-3-5-7-9-10-11-12-13-14-15-17-19-21-26(29)31-24(22-27)23-30-25(28)20-18-16-8-6-4-2/h24,27H,3-23H2,1-2H3. The highest BCUT2D eigenvalue weighted by Gasteiger charge is 2.16. The second kappa shape index (κ2) is 23.6. The Morgan fingerprint density at radius 3 is 1.42 bits per heavy atom. The van der Waals surface area contributed by atoms with Crippen molar-refractivity contribution < 1.29 is 24.2 Å². The second-order valence-corrected chi connectivity index (χ2v) is 8.78. The molecule has 0 saturated carbocycles. The van der Waals surface area contributed by atoms with Crippen molar-refractivity contribution >= 4 is 11.9 Å². The maximum atomic E-state index is 11.9. The van der Waals surface area contributed by atoms with Gasteiger partial charge in [0.2, 0.25) is 0 Å². The summed E-state index contributed by atoms with van der Waals surface area (Å²) in [6.45, 7) is 4.02. The second-order valence-electron chi connectivity index (χ2n) is 8.78. The number of hydrogen-bond donors (Lipinski definition) is 1. The van der Waals surface area contributed by atoms with Gasteiger partial charge in [-0.2, -0.15) is 0 Å². The first kappa shape index (κ1) is 29.9. The van der Waals surface area contributed by atoms with E-state index in [2.05, 4.69) is 13.8 Å². The van der Waals surface area contributed by atoms with Crippen LogP contribution in [0.2, 0.25) is 0 Å². The van der Waals surface area contributed by atoms with E-state index in [0.29, 0.717) is 12.8 Å².